The van der Waals surface area contributed by atoms with Crippen LogP contribution in [0.1, 0.15) is 32.7 Å². The molecule has 0 bridgehead atoms. The molecule has 0 saturated heterocycles. The number of aliphatic hydroxyl groups is 1. The number of phenolic OH excluding ortho intramolecular Hbond substituents is 1. The maximum absolute atomic E-state index is 13.9. The molecule has 0 radical (unpaired) electrons. The number of hydrogen-bond acceptors (Lipinski definition) is 10. The summed E-state index contributed by atoms with van der Waals surface area (Å²) in [5.74, 6) is -12.0. The van der Waals surface area contributed by atoms with Gasteiger partial charge in [-0.05, 0) is 44.5 Å². The standard InChI is InChI=1S/C26H32N4O8/c1-28(2)14-9-12(25(37)30(5)6)19(31)16-11(14)7-10-8-13-18(29(3)4)21(33)17(24(27)36)23(35)26(13,38)22(34)15(10)20(16)32/h9-10,13,15,17-18,31,38H,7-8H2,1-6H3,(H2,27,36)/t10-,13-,15?,17?,18-,26-/m0/s1. The van der Waals surface area contributed by atoms with Crippen molar-refractivity contribution in [2.75, 3.05) is 47.2 Å². The molecule has 12 nitrogen and oxygen atoms in total. The molecule has 3 aliphatic carbocycles. The molecule has 12 heteroatoms. The van der Waals surface area contributed by atoms with E-state index in [0.29, 0.717) is 11.3 Å². The van der Waals surface area contributed by atoms with Gasteiger partial charge in [-0.1, -0.05) is 0 Å². The van der Waals surface area contributed by atoms with Crippen LogP contribution in [0.3, 0.4) is 0 Å². The predicted octanol–water partition coefficient (Wildman–Crippen LogP) is -1.37. The number of benzene rings is 1. The second-order valence-corrected chi connectivity index (χ2v) is 11.0. The van der Waals surface area contributed by atoms with Crippen molar-refractivity contribution in [3.8, 4) is 5.75 Å². The van der Waals surface area contributed by atoms with Crippen molar-refractivity contribution in [1.29, 1.82) is 0 Å². The average Bonchev–Trinajstić information content (AvgIpc) is 2.80. The molecule has 0 spiro atoms. The van der Waals surface area contributed by atoms with Crippen molar-refractivity contribution in [3.05, 3.63) is 22.8 Å². The summed E-state index contributed by atoms with van der Waals surface area (Å²) in [7, 11) is 9.45. The summed E-state index contributed by atoms with van der Waals surface area (Å²) in [5.41, 5.74) is 3.11. The lowest BCUT2D eigenvalue weighted by Gasteiger charge is -2.52. The number of carbonyl (C=O) groups is 6. The van der Waals surface area contributed by atoms with Crippen molar-refractivity contribution >= 4 is 40.6 Å². The van der Waals surface area contributed by atoms with Crippen LogP contribution < -0.4 is 10.6 Å². The first kappa shape index (κ1) is 27.4. The van der Waals surface area contributed by atoms with Gasteiger partial charge in [0.15, 0.2) is 34.7 Å². The first-order valence-corrected chi connectivity index (χ1v) is 12.2. The molecule has 204 valence electrons. The highest BCUT2D eigenvalue weighted by Crippen LogP contribution is 2.52. The number of fused-ring (bicyclic) bond motifs is 3. The highest BCUT2D eigenvalue weighted by molar-refractivity contribution is 6.32. The minimum atomic E-state index is -2.80. The zero-order chi connectivity index (χ0) is 28.6. The third-order valence-corrected chi connectivity index (χ3v) is 8.16. The number of ketones is 4. The monoisotopic (exact) mass is 528 g/mol. The van der Waals surface area contributed by atoms with Gasteiger partial charge in [-0.2, -0.15) is 0 Å². The van der Waals surface area contributed by atoms with Crippen LogP contribution in [0.2, 0.25) is 0 Å². The van der Waals surface area contributed by atoms with Crippen molar-refractivity contribution < 1.29 is 39.0 Å². The van der Waals surface area contributed by atoms with Gasteiger partial charge in [0, 0.05) is 39.8 Å². The lowest BCUT2D eigenvalue weighted by Crippen LogP contribution is -2.74. The molecule has 4 N–H and O–H groups in total. The van der Waals surface area contributed by atoms with Crippen LogP contribution in [0, 0.1) is 23.7 Å². The second kappa shape index (κ2) is 8.98. The quantitative estimate of drug-likeness (QED) is 0.395. The highest BCUT2D eigenvalue weighted by atomic mass is 16.3. The Labute approximate surface area is 219 Å². The molecular weight excluding hydrogens is 496 g/mol. The summed E-state index contributed by atoms with van der Waals surface area (Å²) in [4.78, 5) is 83.5. The van der Waals surface area contributed by atoms with Crippen molar-refractivity contribution in [3.63, 3.8) is 0 Å². The zero-order valence-corrected chi connectivity index (χ0v) is 22.1. The molecule has 0 heterocycles. The molecule has 2 unspecified atom stereocenters. The topological polar surface area (TPSA) is 179 Å². The normalized spacial score (nSPS) is 30.5. The van der Waals surface area contributed by atoms with E-state index in [1.165, 1.54) is 44.1 Å². The van der Waals surface area contributed by atoms with E-state index < -0.39 is 76.0 Å². The van der Waals surface area contributed by atoms with Gasteiger partial charge in [0.1, 0.15) is 5.75 Å². The van der Waals surface area contributed by atoms with Gasteiger partial charge in [0.25, 0.3) is 5.91 Å². The smallest absolute Gasteiger partial charge is 0.257 e. The van der Waals surface area contributed by atoms with Gasteiger partial charge in [-0.3, -0.25) is 33.7 Å². The van der Waals surface area contributed by atoms with Crippen molar-refractivity contribution in [2.24, 2.45) is 29.4 Å². The number of rotatable bonds is 4. The number of nitrogens with zero attached hydrogens (tertiary/aromatic N) is 3. The van der Waals surface area contributed by atoms with Gasteiger partial charge in [0.05, 0.1) is 23.1 Å². The number of primary amides is 1. The number of nitrogens with two attached hydrogens (primary N) is 1. The lowest BCUT2D eigenvalue weighted by atomic mass is 9.52. The Balaban J connectivity index is 1.92. The Bertz CT molecular complexity index is 1300. The number of likely N-dealkylation sites (N-methyl/N-ethyl adjacent to an activating group) is 1. The summed E-state index contributed by atoms with van der Waals surface area (Å²) >= 11 is 0. The van der Waals surface area contributed by atoms with Gasteiger partial charge in [0.2, 0.25) is 5.91 Å². The van der Waals surface area contributed by atoms with Gasteiger partial charge in [-0.25, -0.2) is 0 Å². The maximum atomic E-state index is 13.9. The Hall–Kier alpha value is -3.64. The fraction of sp³-hybridized carbons (Fsp3) is 0.538. The van der Waals surface area contributed by atoms with Gasteiger partial charge >= 0.3 is 0 Å². The Morgan fingerprint density at radius 1 is 1.03 bits per heavy atom. The molecule has 1 aromatic carbocycles. The molecule has 1 aromatic rings. The molecule has 6 atom stereocenters. The van der Waals surface area contributed by atoms with Crippen LogP contribution in [0.15, 0.2) is 6.07 Å². The largest absolute Gasteiger partial charge is 0.506 e. The van der Waals surface area contributed by atoms with E-state index in [1.807, 2.05) is 0 Å². The Morgan fingerprint density at radius 2 is 1.63 bits per heavy atom. The van der Waals surface area contributed by atoms with Crippen LogP contribution >= 0.6 is 0 Å². The fourth-order valence-corrected chi connectivity index (χ4v) is 6.46. The van der Waals surface area contributed by atoms with Crippen LogP contribution in [0.4, 0.5) is 5.69 Å². The van der Waals surface area contributed by atoms with Gasteiger partial charge in [-0.15, -0.1) is 0 Å². The SMILES string of the molecule is CN(C)C(=O)c1cc(N(C)C)c2c(c1O)C(=O)C1C(=O)[C@]3(O)C(=O)C(C(N)=O)C(=O)[C@@H](N(C)C)[C@@H]3C[C@@H]1C2. The third-order valence-electron chi connectivity index (χ3n) is 8.16. The van der Waals surface area contributed by atoms with E-state index >= 15 is 0 Å². The molecule has 0 aromatic heterocycles. The minimum Gasteiger partial charge on any atom is -0.506 e. The Kier molecular flexibility index (Phi) is 6.48. The van der Waals surface area contributed by atoms with E-state index in [4.69, 9.17) is 5.73 Å². The summed E-state index contributed by atoms with van der Waals surface area (Å²) in [6.45, 7) is 0. The molecule has 2 fully saturated rings. The second-order valence-electron chi connectivity index (χ2n) is 11.0. The maximum Gasteiger partial charge on any atom is 0.257 e. The molecule has 3 aliphatic rings. The molecule has 4 rings (SSSR count). The lowest BCUT2D eigenvalue weighted by molar-refractivity contribution is -0.181. The number of phenols is 1. The zero-order valence-electron chi connectivity index (χ0n) is 22.1. The van der Waals surface area contributed by atoms with Crippen LogP contribution in [-0.4, -0.2) is 109 Å². The summed E-state index contributed by atoms with van der Waals surface area (Å²) in [5, 5.41) is 22.7. The van der Waals surface area contributed by atoms with E-state index in [2.05, 4.69) is 0 Å². The molecule has 0 aliphatic heterocycles. The summed E-state index contributed by atoms with van der Waals surface area (Å²) < 4.78 is 0. The molecule has 2 amide bonds. The van der Waals surface area contributed by atoms with E-state index in [0.717, 1.165) is 0 Å². The predicted molar refractivity (Wildman–Crippen MR) is 134 cm³/mol. The molecular formula is C26H32N4O8. The van der Waals surface area contributed by atoms with Crippen LogP contribution in [-0.2, 0) is 25.6 Å². The number of amides is 2. The van der Waals surface area contributed by atoms with E-state index in [1.54, 1.807) is 19.0 Å². The third kappa shape index (κ3) is 3.57. The van der Waals surface area contributed by atoms with Crippen LogP contribution in [0.25, 0.3) is 0 Å². The van der Waals surface area contributed by atoms with Crippen molar-refractivity contribution in [2.45, 2.75) is 24.5 Å². The van der Waals surface area contributed by atoms with Crippen LogP contribution in [0.5, 0.6) is 5.75 Å². The average molecular weight is 529 g/mol. The first-order valence-electron chi connectivity index (χ1n) is 12.2. The summed E-state index contributed by atoms with van der Waals surface area (Å²) in [6.07, 6.45) is 0.0687. The molecule has 38 heavy (non-hydrogen) atoms. The number of hydrogen-bond donors (Lipinski definition) is 3. The first-order chi connectivity index (χ1) is 17.6. The van der Waals surface area contributed by atoms with E-state index in [9.17, 15) is 39.0 Å². The van der Waals surface area contributed by atoms with E-state index in [-0.39, 0.29) is 24.0 Å². The fourth-order valence-electron chi connectivity index (χ4n) is 6.46. The van der Waals surface area contributed by atoms with Gasteiger partial charge < -0.3 is 25.7 Å². The summed E-state index contributed by atoms with van der Waals surface area (Å²) in [6, 6.07) is 0.317. The minimum absolute atomic E-state index is 0.0457. The molecule has 2 saturated carbocycles. The number of anilines is 1. The number of carbonyl (C=O) groups excluding carboxylic acids is 6. The Morgan fingerprint density at radius 3 is 2.13 bits per heavy atom. The number of Topliss-reactive ketones (excluding diaryl/α,β-unsaturated/α-hetero) is 4. The van der Waals surface area contributed by atoms with Crippen molar-refractivity contribution in [1.82, 2.24) is 9.80 Å². The number of aromatic hydroxyl groups is 1. The highest BCUT2D eigenvalue weighted by Gasteiger charge is 2.69.